The van der Waals surface area contributed by atoms with Crippen LogP contribution in [0.25, 0.3) is 10.9 Å². The third-order valence-corrected chi connectivity index (χ3v) is 4.40. The lowest BCUT2D eigenvalue weighted by atomic mass is 10.1. The molecule has 0 atom stereocenters. The molecule has 2 amide bonds. The largest absolute Gasteiger partial charge is 0.358 e. The maximum atomic E-state index is 12.3. The van der Waals surface area contributed by atoms with Gasteiger partial charge in [-0.3, -0.25) is 9.59 Å². The van der Waals surface area contributed by atoms with Crippen LogP contribution >= 0.6 is 15.9 Å². The average molecular weight is 348 g/mol. The first-order valence-electron chi connectivity index (χ1n) is 6.66. The molecule has 0 unspecified atom stereocenters. The number of carbonyl (C=O) groups excluding carboxylic acids is 2. The fourth-order valence-electron chi connectivity index (χ4n) is 2.34. The number of hydrogen-bond donors (Lipinski definition) is 2. The molecule has 1 saturated carbocycles. The Morgan fingerprint density at radius 1 is 1.19 bits per heavy atom. The van der Waals surface area contributed by atoms with Crippen LogP contribution in [0.5, 0.6) is 0 Å². The van der Waals surface area contributed by atoms with Gasteiger partial charge >= 0.3 is 0 Å². The van der Waals surface area contributed by atoms with Crippen molar-refractivity contribution in [1.29, 1.82) is 0 Å². The van der Waals surface area contributed by atoms with Crippen LogP contribution in [-0.4, -0.2) is 23.8 Å². The molecule has 5 nitrogen and oxygen atoms in total. The highest BCUT2D eigenvalue weighted by Crippen LogP contribution is 2.46. The van der Waals surface area contributed by atoms with E-state index in [0.29, 0.717) is 18.7 Å². The maximum absolute atomic E-state index is 12.3. The first kappa shape index (κ1) is 14.0. The van der Waals surface area contributed by atoms with E-state index in [2.05, 4.69) is 31.5 Å². The lowest BCUT2D eigenvalue weighted by Gasteiger charge is -2.13. The number of aromatic nitrogens is 1. The fraction of sp³-hybridized carbons (Fsp3) is 0.267. The van der Waals surface area contributed by atoms with E-state index < -0.39 is 5.41 Å². The van der Waals surface area contributed by atoms with Gasteiger partial charge in [-0.1, -0.05) is 12.1 Å². The smallest absolute Gasteiger partial charge is 0.241 e. The third-order valence-electron chi connectivity index (χ3n) is 3.76. The lowest BCUT2D eigenvalue weighted by molar-refractivity contribution is -0.134. The second-order valence-electron chi connectivity index (χ2n) is 5.12. The Labute approximate surface area is 130 Å². The average Bonchev–Trinajstić information content (AvgIpc) is 3.29. The number of pyridine rings is 1. The summed E-state index contributed by atoms with van der Waals surface area (Å²) in [6.07, 6.45) is 1.16. The van der Waals surface area contributed by atoms with Gasteiger partial charge in [0.15, 0.2) is 0 Å². The maximum Gasteiger partial charge on any atom is 0.241 e. The van der Waals surface area contributed by atoms with Crippen molar-refractivity contribution < 1.29 is 9.59 Å². The Kier molecular flexibility index (Phi) is 3.41. The van der Waals surface area contributed by atoms with Crippen molar-refractivity contribution in [2.45, 2.75) is 12.8 Å². The predicted octanol–water partition coefficient (Wildman–Crippen LogP) is 2.46. The van der Waals surface area contributed by atoms with Crippen LogP contribution in [0.2, 0.25) is 0 Å². The Balaban J connectivity index is 1.87. The molecule has 3 rings (SSSR count). The van der Waals surface area contributed by atoms with Crippen LogP contribution in [0.4, 0.5) is 5.82 Å². The second kappa shape index (κ2) is 5.11. The van der Waals surface area contributed by atoms with Crippen molar-refractivity contribution in [3.05, 3.63) is 34.8 Å². The molecule has 108 valence electrons. The van der Waals surface area contributed by atoms with Crippen LogP contribution in [0.3, 0.4) is 0 Å². The van der Waals surface area contributed by atoms with E-state index in [1.54, 1.807) is 13.1 Å². The van der Waals surface area contributed by atoms with Gasteiger partial charge in [-0.25, -0.2) is 4.98 Å². The van der Waals surface area contributed by atoms with E-state index in [0.717, 1.165) is 15.4 Å². The number of anilines is 1. The number of hydrogen-bond acceptors (Lipinski definition) is 3. The molecule has 1 heterocycles. The quantitative estimate of drug-likeness (QED) is 0.837. The van der Waals surface area contributed by atoms with E-state index in [-0.39, 0.29) is 11.8 Å². The highest BCUT2D eigenvalue weighted by molar-refractivity contribution is 9.10. The molecule has 2 aromatic rings. The summed E-state index contributed by atoms with van der Waals surface area (Å²) in [4.78, 5) is 28.5. The van der Waals surface area contributed by atoms with Crippen molar-refractivity contribution in [2.24, 2.45) is 5.41 Å². The molecule has 0 spiro atoms. The van der Waals surface area contributed by atoms with Crippen molar-refractivity contribution in [3.8, 4) is 0 Å². The minimum absolute atomic E-state index is 0.234. The van der Waals surface area contributed by atoms with Gasteiger partial charge in [0, 0.05) is 16.9 Å². The van der Waals surface area contributed by atoms with Crippen molar-refractivity contribution in [1.82, 2.24) is 10.3 Å². The number of benzene rings is 1. The Morgan fingerprint density at radius 2 is 1.95 bits per heavy atom. The number of para-hydroxylation sites is 1. The minimum Gasteiger partial charge on any atom is -0.358 e. The Hall–Kier alpha value is -1.95. The van der Waals surface area contributed by atoms with Crippen LogP contribution in [0, 0.1) is 5.41 Å². The van der Waals surface area contributed by atoms with E-state index >= 15 is 0 Å². The van der Waals surface area contributed by atoms with Gasteiger partial charge in [-0.05, 0) is 47.0 Å². The zero-order valence-electron chi connectivity index (χ0n) is 11.4. The van der Waals surface area contributed by atoms with Crippen LogP contribution < -0.4 is 10.6 Å². The van der Waals surface area contributed by atoms with E-state index in [1.807, 2.05) is 24.3 Å². The number of rotatable bonds is 3. The van der Waals surface area contributed by atoms with Crippen LogP contribution in [0.1, 0.15) is 12.8 Å². The third kappa shape index (κ3) is 2.40. The molecular weight excluding hydrogens is 334 g/mol. The summed E-state index contributed by atoms with van der Waals surface area (Å²) in [7, 11) is 1.54. The van der Waals surface area contributed by atoms with E-state index in [1.165, 1.54) is 0 Å². The summed E-state index contributed by atoms with van der Waals surface area (Å²) in [6.45, 7) is 0. The molecule has 6 heteroatoms. The molecule has 1 aliphatic rings. The SMILES string of the molecule is CNC(=O)C1(C(=O)Nc2ccc3cccc(Br)c3n2)CC1. The van der Waals surface area contributed by atoms with Gasteiger partial charge in [0.1, 0.15) is 11.2 Å². The van der Waals surface area contributed by atoms with Crippen LogP contribution in [0.15, 0.2) is 34.8 Å². The zero-order valence-corrected chi connectivity index (χ0v) is 13.0. The van der Waals surface area contributed by atoms with Crippen LogP contribution in [-0.2, 0) is 9.59 Å². The fourth-order valence-corrected chi connectivity index (χ4v) is 2.81. The van der Waals surface area contributed by atoms with Gasteiger partial charge in [-0.15, -0.1) is 0 Å². The van der Waals surface area contributed by atoms with Gasteiger partial charge in [-0.2, -0.15) is 0 Å². The summed E-state index contributed by atoms with van der Waals surface area (Å²) in [5.74, 6) is -0.0719. The van der Waals surface area contributed by atoms with Crippen molar-refractivity contribution in [2.75, 3.05) is 12.4 Å². The Morgan fingerprint density at radius 3 is 2.62 bits per heavy atom. The number of carbonyl (C=O) groups is 2. The summed E-state index contributed by atoms with van der Waals surface area (Å²) in [6, 6.07) is 9.41. The predicted molar refractivity (Wildman–Crippen MR) is 83.8 cm³/mol. The van der Waals surface area contributed by atoms with Gasteiger partial charge in [0.25, 0.3) is 0 Å². The normalized spacial score (nSPS) is 15.5. The highest BCUT2D eigenvalue weighted by Gasteiger charge is 2.56. The zero-order chi connectivity index (χ0) is 15.0. The molecule has 0 aliphatic heterocycles. The van der Waals surface area contributed by atoms with Crippen molar-refractivity contribution >= 4 is 44.5 Å². The molecule has 21 heavy (non-hydrogen) atoms. The molecule has 2 N–H and O–H groups in total. The summed E-state index contributed by atoms with van der Waals surface area (Å²) in [5.41, 5.74) is -0.139. The minimum atomic E-state index is -0.917. The standard InChI is InChI=1S/C15H14BrN3O2/c1-17-13(20)15(7-8-15)14(21)19-11-6-5-9-3-2-4-10(16)12(9)18-11/h2-6H,7-8H2,1H3,(H,17,20)(H,18,19,21). The molecule has 0 saturated heterocycles. The lowest BCUT2D eigenvalue weighted by Crippen LogP contribution is -2.38. The molecule has 1 aromatic heterocycles. The summed E-state index contributed by atoms with van der Waals surface area (Å²) >= 11 is 3.44. The van der Waals surface area contributed by atoms with Crippen molar-refractivity contribution in [3.63, 3.8) is 0 Å². The number of fused-ring (bicyclic) bond motifs is 1. The molecule has 0 radical (unpaired) electrons. The molecule has 1 aliphatic carbocycles. The number of halogens is 1. The monoisotopic (exact) mass is 347 g/mol. The molecular formula is C15H14BrN3O2. The second-order valence-corrected chi connectivity index (χ2v) is 5.98. The van der Waals surface area contributed by atoms with E-state index in [9.17, 15) is 9.59 Å². The molecule has 1 fully saturated rings. The van der Waals surface area contributed by atoms with Gasteiger partial charge in [0.2, 0.25) is 11.8 Å². The summed E-state index contributed by atoms with van der Waals surface area (Å²) in [5, 5.41) is 6.27. The highest BCUT2D eigenvalue weighted by atomic mass is 79.9. The van der Waals surface area contributed by atoms with Gasteiger partial charge < -0.3 is 10.6 Å². The topological polar surface area (TPSA) is 71.1 Å². The molecule has 1 aromatic carbocycles. The Bertz CT molecular complexity index is 741. The number of amides is 2. The van der Waals surface area contributed by atoms with Gasteiger partial charge in [0.05, 0.1) is 5.52 Å². The first-order valence-corrected chi connectivity index (χ1v) is 7.45. The molecule has 0 bridgehead atoms. The van der Waals surface area contributed by atoms with E-state index in [4.69, 9.17) is 0 Å². The summed E-state index contributed by atoms with van der Waals surface area (Å²) < 4.78 is 0.864. The number of nitrogens with zero attached hydrogens (tertiary/aromatic N) is 1. The number of nitrogens with one attached hydrogen (secondary N) is 2. The first-order chi connectivity index (χ1) is 10.1.